The van der Waals surface area contributed by atoms with Gasteiger partial charge in [-0.05, 0) is 24.4 Å². The van der Waals surface area contributed by atoms with Gasteiger partial charge in [-0.25, -0.2) is 8.78 Å². The molecule has 0 aromatic heterocycles. The van der Waals surface area contributed by atoms with Gasteiger partial charge in [0.05, 0.1) is 0 Å². The molecule has 1 unspecified atom stereocenters. The summed E-state index contributed by atoms with van der Waals surface area (Å²) in [5, 5.41) is 0. The van der Waals surface area contributed by atoms with Crippen molar-refractivity contribution in [2.24, 2.45) is 11.7 Å². The highest BCUT2D eigenvalue weighted by molar-refractivity contribution is 5.23. The lowest BCUT2D eigenvalue weighted by Gasteiger charge is -2.08. The molecule has 2 N–H and O–H groups in total. The summed E-state index contributed by atoms with van der Waals surface area (Å²) in [5.41, 5.74) is 6.62. The van der Waals surface area contributed by atoms with Gasteiger partial charge in [-0.3, -0.25) is 0 Å². The van der Waals surface area contributed by atoms with Crippen molar-refractivity contribution in [1.82, 2.24) is 0 Å². The average molecular weight is 199 g/mol. The summed E-state index contributed by atoms with van der Waals surface area (Å²) in [4.78, 5) is 0. The molecule has 1 nitrogen and oxygen atoms in total. The number of nitrogens with two attached hydrogens (primary N) is 1. The number of hydrogen-bond acceptors (Lipinski definition) is 1. The van der Waals surface area contributed by atoms with E-state index in [4.69, 9.17) is 5.73 Å². The van der Waals surface area contributed by atoms with Gasteiger partial charge in [0, 0.05) is 5.56 Å². The Kier molecular flexibility index (Phi) is 4.01. The van der Waals surface area contributed by atoms with Crippen LogP contribution in [0.25, 0.3) is 0 Å². The molecule has 0 aliphatic heterocycles. The standard InChI is InChI=1S/C11H15F2N/c1-8(7-14)6-9-2-4-10(5-3-9)11(12)13/h2-5,8,11H,6-7,14H2,1H3. The molecule has 0 radical (unpaired) electrons. The minimum atomic E-state index is -2.38. The van der Waals surface area contributed by atoms with Crippen molar-refractivity contribution in [3.63, 3.8) is 0 Å². The van der Waals surface area contributed by atoms with Gasteiger partial charge in [0.2, 0.25) is 0 Å². The molecule has 0 amide bonds. The molecule has 0 bridgehead atoms. The molecular formula is C11H15F2N. The molecule has 1 aromatic rings. The van der Waals surface area contributed by atoms with Crippen LogP contribution in [-0.2, 0) is 6.42 Å². The maximum atomic E-state index is 12.2. The van der Waals surface area contributed by atoms with Gasteiger partial charge in [0.15, 0.2) is 0 Å². The molecule has 0 fully saturated rings. The summed E-state index contributed by atoms with van der Waals surface area (Å²) < 4.78 is 24.4. The molecule has 1 aromatic carbocycles. The predicted molar refractivity (Wildman–Crippen MR) is 53.3 cm³/mol. The van der Waals surface area contributed by atoms with Crippen LogP contribution in [0.15, 0.2) is 24.3 Å². The topological polar surface area (TPSA) is 26.0 Å². The molecule has 0 spiro atoms. The first kappa shape index (κ1) is 11.1. The molecule has 1 rings (SSSR count). The van der Waals surface area contributed by atoms with Gasteiger partial charge in [0.1, 0.15) is 0 Å². The Morgan fingerprint density at radius 2 is 1.79 bits per heavy atom. The second kappa shape index (κ2) is 5.05. The molecule has 0 aliphatic rings. The zero-order chi connectivity index (χ0) is 10.6. The fourth-order valence-corrected chi connectivity index (χ4v) is 1.28. The van der Waals surface area contributed by atoms with Crippen molar-refractivity contribution in [1.29, 1.82) is 0 Å². The van der Waals surface area contributed by atoms with Gasteiger partial charge in [0.25, 0.3) is 6.43 Å². The minimum Gasteiger partial charge on any atom is -0.330 e. The highest BCUT2D eigenvalue weighted by Crippen LogP contribution is 2.19. The Hall–Kier alpha value is -0.960. The van der Waals surface area contributed by atoms with E-state index in [-0.39, 0.29) is 5.56 Å². The number of rotatable bonds is 4. The van der Waals surface area contributed by atoms with E-state index in [2.05, 4.69) is 0 Å². The van der Waals surface area contributed by atoms with E-state index in [1.54, 1.807) is 12.1 Å². The third-order valence-electron chi connectivity index (χ3n) is 2.22. The molecule has 14 heavy (non-hydrogen) atoms. The summed E-state index contributed by atoms with van der Waals surface area (Å²) >= 11 is 0. The van der Waals surface area contributed by atoms with E-state index in [9.17, 15) is 8.78 Å². The fourth-order valence-electron chi connectivity index (χ4n) is 1.28. The Labute approximate surface area is 82.9 Å². The Morgan fingerprint density at radius 3 is 2.21 bits per heavy atom. The van der Waals surface area contributed by atoms with Crippen LogP contribution in [0.5, 0.6) is 0 Å². The first-order valence-corrected chi connectivity index (χ1v) is 4.70. The number of alkyl halides is 2. The Balaban J connectivity index is 2.64. The van der Waals surface area contributed by atoms with Crippen molar-refractivity contribution in [2.45, 2.75) is 19.8 Å². The van der Waals surface area contributed by atoms with E-state index >= 15 is 0 Å². The Bertz CT molecular complexity index is 269. The first-order valence-electron chi connectivity index (χ1n) is 4.70. The van der Waals surface area contributed by atoms with Crippen LogP contribution in [-0.4, -0.2) is 6.54 Å². The van der Waals surface area contributed by atoms with E-state index in [1.807, 2.05) is 6.92 Å². The number of hydrogen-bond donors (Lipinski definition) is 1. The van der Waals surface area contributed by atoms with Crippen LogP contribution < -0.4 is 5.73 Å². The summed E-state index contributed by atoms with van der Waals surface area (Å²) in [6, 6.07) is 6.44. The summed E-state index contributed by atoms with van der Waals surface area (Å²) in [5.74, 6) is 0.396. The van der Waals surface area contributed by atoms with Gasteiger partial charge >= 0.3 is 0 Å². The molecule has 78 valence electrons. The molecule has 0 saturated heterocycles. The monoisotopic (exact) mass is 199 g/mol. The lowest BCUT2D eigenvalue weighted by atomic mass is 10.0. The van der Waals surface area contributed by atoms with Gasteiger partial charge in [-0.15, -0.1) is 0 Å². The molecular weight excluding hydrogens is 184 g/mol. The zero-order valence-electron chi connectivity index (χ0n) is 8.21. The van der Waals surface area contributed by atoms with Crippen LogP contribution in [0.4, 0.5) is 8.78 Å². The van der Waals surface area contributed by atoms with Crippen LogP contribution >= 0.6 is 0 Å². The van der Waals surface area contributed by atoms with Crippen molar-refractivity contribution in [2.75, 3.05) is 6.54 Å². The van der Waals surface area contributed by atoms with Gasteiger partial charge in [-0.1, -0.05) is 31.2 Å². The van der Waals surface area contributed by atoms with E-state index in [0.717, 1.165) is 12.0 Å². The maximum Gasteiger partial charge on any atom is 0.263 e. The second-order valence-corrected chi connectivity index (χ2v) is 3.59. The molecule has 3 heteroatoms. The molecule has 0 aliphatic carbocycles. The van der Waals surface area contributed by atoms with Crippen LogP contribution in [0.3, 0.4) is 0 Å². The highest BCUT2D eigenvalue weighted by atomic mass is 19.3. The normalized spacial score (nSPS) is 13.2. The van der Waals surface area contributed by atoms with Crippen molar-refractivity contribution in [3.8, 4) is 0 Å². The lowest BCUT2D eigenvalue weighted by molar-refractivity contribution is 0.151. The predicted octanol–water partition coefficient (Wildman–Crippen LogP) is 2.76. The van der Waals surface area contributed by atoms with Gasteiger partial charge in [-0.2, -0.15) is 0 Å². The SMILES string of the molecule is CC(CN)Cc1ccc(C(F)F)cc1. The molecule has 1 atom stereocenters. The molecule has 0 heterocycles. The summed E-state index contributed by atoms with van der Waals surface area (Å²) in [6.45, 7) is 2.66. The second-order valence-electron chi connectivity index (χ2n) is 3.59. The highest BCUT2D eigenvalue weighted by Gasteiger charge is 2.06. The van der Waals surface area contributed by atoms with E-state index < -0.39 is 6.43 Å². The molecule has 0 saturated carbocycles. The smallest absolute Gasteiger partial charge is 0.263 e. The minimum absolute atomic E-state index is 0.0779. The maximum absolute atomic E-state index is 12.2. The van der Waals surface area contributed by atoms with Crippen LogP contribution in [0.1, 0.15) is 24.5 Å². The third kappa shape index (κ3) is 3.07. The lowest BCUT2D eigenvalue weighted by Crippen LogP contribution is -2.12. The van der Waals surface area contributed by atoms with E-state index in [0.29, 0.717) is 12.5 Å². The van der Waals surface area contributed by atoms with Crippen molar-refractivity contribution in [3.05, 3.63) is 35.4 Å². The Morgan fingerprint density at radius 1 is 1.21 bits per heavy atom. The van der Waals surface area contributed by atoms with Crippen molar-refractivity contribution < 1.29 is 8.78 Å². The van der Waals surface area contributed by atoms with Gasteiger partial charge < -0.3 is 5.73 Å². The average Bonchev–Trinajstić information content (AvgIpc) is 2.18. The number of halogens is 2. The number of benzene rings is 1. The zero-order valence-corrected chi connectivity index (χ0v) is 8.21. The van der Waals surface area contributed by atoms with Crippen LogP contribution in [0.2, 0.25) is 0 Å². The van der Waals surface area contributed by atoms with Crippen molar-refractivity contribution >= 4 is 0 Å². The summed E-state index contributed by atoms with van der Waals surface area (Å²) in [6.07, 6.45) is -1.53. The quantitative estimate of drug-likeness (QED) is 0.792. The third-order valence-corrected chi connectivity index (χ3v) is 2.22. The largest absolute Gasteiger partial charge is 0.330 e. The summed E-state index contributed by atoms with van der Waals surface area (Å²) in [7, 11) is 0. The fraction of sp³-hybridized carbons (Fsp3) is 0.455. The van der Waals surface area contributed by atoms with Crippen LogP contribution in [0, 0.1) is 5.92 Å². The van der Waals surface area contributed by atoms with E-state index in [1.165, 1.54) is 12.1 Å². The first-order chi connectivity index (χ1) is 6.63.